The molecule has 1 saturated carbocycles. The molecule has 116 valence electrons. The maximum Gasteiger partial charge on any atom is 0.267 e. The Labute approximate surface area is 133 Å². The average molecular weight is 308 g/mol. The molecule has 1 fully saturated rings. The fraction of sp³-hybridized carbons (Fsp3) is 0.353. The van der Waals surface area contributed by atoms with Crippen molar-refractivity contribution in [2.75, 3.05) is 0 Å². The first-order valence-electron chi connectivity index (χ1n) is 7.64. The summed E-state index contributed by atoms with van der Waals surface area (Å²) in [5.41, 5.74) is 1.56. The molecule has 2 unspecified atom stereocenters. The van der Waals surface area contributed by atoms with Crippen molar-refractivity contribution >= 4 is 5.91 Å². The van der Waals surface area contributed by atoms with Crippen molar-refractivity contribution < 1.29 is 9.32 Å². The molecule has 1 amide bonds. The van der Waals surface area contributed by atoms with Crippen molar-refractivity contribution in [1.29, 1.82) is 5.26 Å². The second kappa shape index (κ2) is 4.85. The van der Waals surface area contributed by atoms with Crippen molar-refractivity contribution in [2.24, 2.45) is 5.92 Å². The number of rotatable bonds is 3. The van der Waals surface area contributed by atoms with Gasteiger partial charge in [0.2, 0.25) is 0 Å². The third-order valence-corrected chi connectivity index (χ3v) is 4.55. The van der Waals surface area contributed by atoms with Gasteiger partial charge in [-0.25, -0.2) is 0 Å². The van der Waals surface area contributed by atoms with E-state index < -0.39 is 5.54 Å². The van der Waals surface area contributed by atoms with Gasteiger partial charge in [-0.1, -0.05) is 17.3 Å². The van der Waals surface area contributed by atoms with E-state index in [2.05, 4.69) is 21.9 Å². The number of hydrogen-bond donors (Lipinski definition) is 2. The summed E-state index contributed by atoms with van der Waals surface area (Å²) in [6, 6.07) is 4.04. The zero-order valence-corrected chi connectivity index (χ0v) is 12.7. The Balaban J connectivity index is 1.50. The number of aromatic nitrogens is 1. The molecule has 0 aromatic carbocycles. The van der Waals surface area contributed by atoms with E-state index in [0.717, 1.165) is 24.3 Å². The lowest BCUT2D eigenvalue weighted by Crippen LogP contribution is -2.40. The Morgan fingerprint density at radius 1 is 1.52 bits per heavy atom. The van der Waals surface area contributed by atoms with Crippen LogP contribution in [-0.4, -0.2) is 17.1 Å². The largest absolute Gasteiger partial charge is 0.374 e. The van der Waals surface area contributed by atoms with E-state index in [1.54, 1.807) is 6.08 Å². The van der Waals surface area contributed by atoms with Crippen molar-refractivity contribution in [1.82, 2.24) is 15.8 Å². The molecule has 0 saturated heterocycles. The van der Waals surface area contributed by atoms with Crippen LogP contribution in [0, 0.1) is 24.2 Å². The van der Waals surface area contributed by atoms with E-state index in [9.17, 15) is 4.79 Å². The molecule has 6 nitrogen and oxygen atoms in total. The number of nitrogens with zero attached hydrogens (tertiary/aromatic N) is 2. The molecule has 2 heterocycles. The van der Waals surface area contributed by atoms with Gasteiger partial charge in [-0.3, -0.25) is 4.79 Å². The van der Waals surface area contributed by atoms with Gasteiger partial charge in [-0.2, -0.15) is 5.26 Å². The van der Waals surface area contributed by atoms with Crippen LogP contribution in [0.15, 0.2) is 46.2 Å². The minimum Gasteiger partial charge on any atom is -0.374 e. The van der Waals surface area contributed by atoms with Gasteiger partial charge < -0.3 is 15.2 Å². The van der Waals surface area contributed by atoms with E-state index in [1.807, 2.05) is 31.2 Å². The second-order valence-corrected chi connectivity index (χ2v) is 6.28. The number of nitrogens with one attached hydrogen (secondary N) is 2. The van der Waals surface area contributed by atoms with Crippen LogP contribution in [0.3, 0.4) is 0 Å². The number of allylic oxidation sites excluding steroid dienone is 2. The minimum atomic E-state index is -0.394. The van der Waals surface area contributed by atoms with Crippen LogP contribution in [0.25, 0.3) is 0 Å². The van der Waals surface area contributed by atoms with Gasteiger partial charge in [0.15, 0.2) is 0 Å². The average Bonchev–Trinajstić information content (AvgIpc) is 2.99. The molecule has 0 spiro atoms. The van der Waals surface area contributed by atoms with Gasteiger partial charge in [0.25, 0.3) is 5.91 Å². The first-order chi connectivity index (χ1) is 11.1. The van der Waals surface area contributed by atoms with E-state index in [4.69, 9.17) is 9.78 Å². The molecule has 4 rings (SSSR count). The van der Waals surface area contributed by atoms with Crippen LogP contribution in [0.2, 0.25) is 0 Å². The summed E-state index contributed by atoms with van der Waals surface area (Å²) in [4.78, 5) is 12.6. The summed E-state index contributed by atoms with van der Waals surface area (Å²) in [5, 5.41) is 19.3. The normalized spacial score (nSPS) is 26.4. The number of amides is 1. The highest BCUT2D eigenvalue weighted by Gasteiger charge is 2.49. The third kappa shape index (κ3) is 2.34. The first kappa shape index (κ1) is 13.8. The molecule has 2 aliphatic carbocycles. The molecule has 0 radical (unpaired) electrons. The molecule has 23 heavy (non-hydrogen) atoms. The van der Waals surface area contributed by atoms with Crippen molar-refractivity contribution in [2.45, 2.75) is 31.3 Å². The van der Waals surface area contributed by atoms with Crippen LogP contribution in [0.4, 0.5) is 0 Å². The van der Waals surface area contributed by atoms with Gasteiger partial charge in [-0.05, 0) is 31.9 Å². The smallest absolute Gasteiger partial charge is 0.267 e. The minimum absolute atomic E-state index is 0.0392. The Kier molecular flexibility index (Phi) is 2.91. The van der Waals surface area contributed by atoms with E-state index in [0.29, 0.717) is 11.3 Å². The van der Waals surface area contributed by atoms with Crippen LogP contribution in [0.5, 0.6) is 0 Å². The quantitative estimate of drug-likeness (QED) is 0.884. The predicted molar refractivity (Wildman–Crippen MR) is 81.6 cm³/mol. The van der Waals surface area contributed by atoms with Crippen molar-refractivity contribution in [3.05, 3.63) is 53.1 Å². The van der Waals surface area contributed by atoms with Gasteiger partial charge in [0, 0.05) is 17.6 Å². The lowest BCUT2D eigenvalue weighted by atomic mass is 9.94. The van der Waals surface area contributed by atoms with Gasteiger partial charge in [0.1, 0.15) is 11.5 Å². The molecule has 2 atom stereocenters. The topological polar surface area (TPSA) is 91.0 Å². The monoisotopic (exact) mass is 308 g/mol. The zero-order valence-electron chi connectivity index (χ0n) is 12.7. The summed E-state index contributed by atoms with van der Waals surface area (Å²) in [6.07, 6.45) is 9.19. The maximum atomic E-state index is 12.6. The van der Waals surface area contributed by atoms with E-state index >= 15 is 0 Å². The van der Waals surface area contributed by atoms with Gasteiger partial charge >= 0.3 is 0 Å². The lowest BCUT2D eigenvalue weighted by molar-refractivity contribution is -0.118. The lowest BCUT2D eigenvalue weighted by Gasteiger charge is -2.18. The Hall–Kier alpha value is -2.81. The number of fused-ring (bicyclic) bond motifs is 1. The zero-order chi connectivity index (χ0) is 16.0. The number of carbonyl (C=O) groups excluding carboxylic acids is 1. The fourth-order valence-corrected chi connectivity index (χ4v) is 3.08. The van der Waals surface area contributed by atoms with Crippen LogP contribution < -0.4 is 10.6 Å². The van der Waals surface area contributed by atoms with Gasteiger partial charge in [-0.15, -0.1) is 0 Å². The molecule has 0 bridgehead atoms. The fourth-order valence-electron chi connectivity index (χ4n) is 3.08. The highest BCUT2D eigenvalue weighted by atomic mass is 16.5. The van der Waals surface area contributed by atoms with Crippen LogP contribution >= 0.6 is 0 Å². The highest BCUT2D eigenvalue weighted by Crippen LogP contribution is 2.45. The van der Waals surface area contributed by atoms with Gasteiger partial charge in [0.05, 0.1) is 23.3 Å². The van der Waals surface area contributed by atoms with Crippen LogP contribution in [0.1, 0.15) is 24.3 Å². The molecule has 1 aliphatic heterocycles. The van der Waals surface area contributed by atoms with E-state index in [1.165, 1.54) is 0 Å². The van der Waals surface area contributed by atoms with Crippen LogP contribution in [-0.2, 0) is 10.3 Å². The number of aryl methyl sites for hydroxylation is 1. The summed E-state index contributed by atoms with van der Waals surface area (Å²) in [6.45, 7) is 1.84. The third-order valence-electron chi connectivity index (χ3n) is 4.55. The molecule has 2 N–H and O–H groups in total. The SMILES string of the molecule is Cc1cc(C2(NC(=O)C3=CC4C=C(C#N)C=CC4N3)CC2)no1. The predicted octanol–water partition coefficient (Wildman–Crippen LogP) is 1.58. The molecule has 1 aromatic rings. The maximum absolute atomic E-state index is 12.6. The second-order valence-electron chi connectivity index (χ2n) is 6.28. The summed E-state index contributed by atoms with van der Waals surface area (Å²) in [5.74, 6) is 0.641. The molecular weight excluding hydrogens is 292 g/mol. The number of nitriles is 1. The Bertz CT molecular complexity index is 805. The standard InChI is InChI=1S/C17H16N4O2/c1-10-6-15(21-23-10)17(4-5-17)20-16(22)14-8-12-7-11(9-18)2-3-13(12)19-14/h2-3,6-8,12-13,19H,4-5H2,1H3,(H,20,22). The first-order valence-corrected chi connectivity index (χ1v) is 7.64. The molecule has 1 aromatic heterocycles. The molecule has 3 aliphatic rings. The number of hydrogen-bond acceptors (Lipinski definition) is 5. The molecular formula is C17H16N4O2. The molecule has 6 heteroatoms. The summed E-state index contributed by atoms with van der Waals surface area (Å²) >= 11 is 0. The van der Waals surface area contributed by atoms with Crippen molar-refractivity contribution in [3.63, 3.8) is 0 Å². The number of carbonyl (C=O) groups is 1. The van der Waals surface area contributed by atoms with E-state index in [-0.39, 0.29) is 17.9 Å². The Morgan fingerprint density at radius 2 is 2.35 bits per heavy atom. The summed E-state index contributed by atoms with van der Waals surface area (Å²) in [7, 11) is 0. The van der Waals surface area contributed by atoms with Crippen molar-refractivity contribution in [3.8, 4) is 6.07 Å². The Morgan fingerprint density at radius 3 is 3.00 bits per heavy atom. The highest BCUT2D eigenvalue weighted by molar-refractivity contribution is 5.94. The summed E-state index contributed by atoms with van der Waals surface area (Å²) < 4.78 is 5.12.